The Morgan fingerprint density at radius 2 is 2.29 bits per heavy atom. The molecule has 0 unspecified atom stereocenters. The fraction of sp³-hybridized carbons (Fsp3) is 0.769. The van der Waals surface area contributed by atoms with E-state index in [4.69, 9.17) is 0 Å². The molecule has 0 atom stereocenters. The maximum absolute atomic E-state index is 9.31. The third kappa shape index (κ3) is 1.47. The van der Waals surface area contributed by atoms with Gasteiger partial charge in [0, 0.05) is 0 Å². The fourth-order valence-electron chi connectivity index (χ4n) is 2.91. The highest BCUT2D eigenvalue weighted by Gasteiger charge is 2.46. The first-order valence-corrected chi connectivity index (χ1v) is 5.91. The molecule has 2 aliphatic rings. The minimum absolute atomic E-state index is 0.0267. The van der Waals surface area contributed by atoms with Gasteiger partial charge in [0.1, 0.15) is 0 Å². The van der Waals surface area contributed by atoms with Gasteiger partial charge in [0.2, 0.25) is 0 Å². The molecule has 0 N–H and O–H groups in total. The minimum Gasteiger partial charge on any atom is -0.197 e. The predicted octanol–water partition coefficient (Wildman–Crippen LogP) is 3.82. The van der Waals surface area contributed by atoms with Gasteiger partial charge in [-0.1, -0.05) is 25.0 Å². The highest BCUT2D eigenvalue weighted by atomic mass is 14.5. The molecule has 0 amide bonds. The van der Waals surface area contributed by atoms with E-state index in [2.05, 4.69) is 19.1 Å². The lowest BCUT2D eigenvalue weighted by Gasteiger charge is -2.45. The normalized spacial score (nSPS) is 36.9. The number of rotatable bonds is 2. The third-order valence-corrected chi connectivity index (χ3v) is 3.97. The van der Waals surface area contributed by atoms with Crippen molar-refractivity contribution in [3.8, 4) is 6.07 Å². The van der Waals surface area contributed by atoms with Crippen LogP contribution in [0.4, 0.5) is 0 Å². The Balaban J connectivity index is 2.08. The molecule has 0 radical (unpaired) electrons. The first-order chi connectivity index (χ1) is 6.80. The standard InChI is InChI=1S/C13H19N/c1-2-11-8-13(9-11,10-14)12-6-4-3-5-7-12/h6,11H,2-5,7-9H2,1H3. The maximum Gasteiger partial charge on any atom is 0.0787 e. The largest absolute Gasteiger partial charge is 0.197 e. The Morgan fingerprint density at radius 3 is 2.79 bits per heavy atom. The van der Waals surface area contributed by atoms with Crippen molar-refractivity contribution in [3.05, 3.63) is 11.6 Å². The van der Waals surface area contributed by atoms with Crippen LogP contribution in [0.5, 0.6) is 0 Å². The van der Waals surface area contributed by atoms with Crippen molar-refractivity contribution in [2.24, 2.45) is 11.3 Å². The number of allylic oxidation sites excluding steroid dienone is 2. The van der Waals surface area contributed by atoms with Gasteiger partial charge in [-0.05, 0) is 44.4 Å². The first-order valence-electron chi connectivity index (χ1n) is 5.91. The molecule has 0 spiro atoms. The zero-order valence-corrected chi connectivity index (χ0v) is 9.05. The van der Waals surface area contributed by atoms with E-state index in [9.17, 15) is 5.26 Å². The SMILES string of the molecule is CCC1CC(C#N)(C2=CCCCC2)C1. The Labute approximate surface area is 86.8 Å². The molecule has 1 heteroatoms. The second-order valence-electron chi connectivity index (χ2n) is 4.85. The molecule has 14 heavy (non-hydrogen) atoms. The van der Waals surface area contributed by atoms with E-state index >= 15 is 0 Å². The second-order valence-corrected chi connectivity index (χ2v) is 4.85. The summed E-state index contributed by atoms with van der Waals surface area (Å²) in [6.45, 7) is 2.24. The van der Waals surface area contributed by atoms with Crippen molar-refractivity contribution in [2.75, 3.05) is 0 Å². The van der Waals surface area contributed by atoms with Gasteiger partial charge < -0.3 is 0 Å². The van der Waals surface area contributed by atoms with Crippen molar-refractivity contribution >= 4 is 0 Å². The minimum atomic E-state index is -0.0267. The monoisotopic (exact) mass is 189 g/mol. The molecule has 1 fully saturated rings. The zero-order chi connectivity index (χ0) is 10.0. The average molecular weight is 189 g/mol. The first kappa shape index (κ1) is 9.77. The topological polar surface area (TPSA) is 23.8 Å². The van der Waals surface area contributed by atoms with E-state index < -0.39 is 0 Å². The fourth-order valence-corrected chi connectivity index (χ4v) is 2.91. The van der Waals surface area contributed by atoms with Crippen molar-refractivity contribution in [1.82, 2.24) is 0 Å². The van der Waals surface area contributed by atoms with Crippen LogP contribution in [0, 0.1) is 22.7 Å². The highest BCUT2D eigenvalue weighted by Crippen LogP contribution is 2.53. The number of nitriles is 1. The number of hydrogen-bond acceptors (Lipinski definition) is 1. The molecule has 0 saturated heterocycles. The summed E-state index contributed by atoms with van der Waals surface area (Å²) in [5, 5.41) is 9.31. The van der Waals surface area contributed by atoms with E-state index in [0.29, 0.717) is 0 Å². The predicted molar refractivity (Wildman–Crippen MR) is 57.6 cm³/mol. The lowest BCUT2D eigenvalue weighted by atomic mass is 9.57. The molecule has 0 aromatic heterocycles. The molecular formula is C13H19N. The quantitative estimate of drug-likeness (QED) is 0.606. The van der Waals surface area contributed by atoms with E-state index in [0.717, 1.165) is 18.8 Å². The molecule has 1 saturated carbocycles. The summed E-state index contributed by atoms with van der Waals surface area (Å²) in [4.78, 5) is 0. The van der Waals surface area contributed by atoms with Gasteiger partial charge in [0.15, 0.2) is 0 Å². The van der Waals surface area contributed by atoms with Crippen LogP contribution in [0.25, 0.3) is 0 Å². The molecule has 0 heterocycles. The van der Waals surface area contributed by atoms with Gasteiger partial charge in [-0.25, -0.2) is 0 Å². The molecule has 1 nitrogen and oxygen atoms in total. The smallest absolute Gasteiger partial charge is 0.0787 e. The van der Waals surface area contributed by atoms with E-state index in [-0.39, 0.29) is 5.41 Å². The van der Waals surface area contributed by atoms with Gasteiger partial charge in [-0.15, -0.1) is 0 Å². The highest BCUT2D eigenvalue weighted by molar-refractivity contribution is 5.29. The molecule has 0 aromatic carbocycles. The van der Waals surface area contributed by atoms with E-state index in [1.54, 1.807) is 0 Å². The van der Waals surface area contributed by atoms with E-state index in [1.165, 1.54) is 37.7 Å². The van der Waals surface area contributed by atoms with Crippen molar-refractivity contribution < 1.29 is 0 Å². The Kier molecular flexibility index (Phi) is 2.63. The summed E-state index contributed by atoms with van der Waals surface area (Å²) in [6.07, 6.45) is 10.9. The lowest BCUT2D eigenvalue weighted by Crippen LogP contribution is -2.37. The number of nitrogens with zero attached hydrogens (tertiary/aromatic N) is 1. The van der Waals surface area contributed by atoms with Crippen LogP contribution in [0.15, 0.2) is 11.6 Å². The van der Waals surface area contributed by atoms with Crippen molar-refractivity contribution in [1.29, 1.82) is 5.26 Å². The number of hydrogen-bond donors (Lipinski definition) is 0. The molecule has 0 aliphatic heterocycles. The summed E-state index contributed by atoms with van der Waals surface area (Å²) in [6, 6.07) is 2.58. The van der Waals surface area contributed by atoms with Crippen LogP contribution in [0.1, 0.15) is 51.9 Å². The van der Waals surface area contributed by atoms with Crippen LogP contribution >= 0.6 is 0 Å². The molecule has 76 valence electrons. The van der Waals surface area contributed by atoms with Crippen molar-refractivity contribution in [3.63, 3.8) is 0 Å². The van der Waals surface area contributed by atoms with Crippen molar-refractivity contribution in [2.45, 2.75) is 51.9 Å². The van der Waals surface area contributed by atoms with Crippen LogP contribution in [0.2, 0.25) is 0 Å². The molecule has 2 aliphatic carbocycles. The van der Waals surface area contributed by atoms with E-state index in [1.807, 2.05) is 0 Å². The Hall–Kier alpha value is -0.770. The second kappa shape index (κ2) is 3.77. The lowest BCUT2D eigenvalue weighted by molar-refractivity contribution is 0.145. The molecule has 0 aromatic rings. The summed E-state index contributed by atoms with van der Waals surface area (Å²) < 4.78 is 0. The molecular weight excluding hydrogens is 170 g/mol. The maximum atomic E-state index is 9.31. The summed E-state index contributed by atoms with van der Waals surface area (Å²) >= 11 is 0. The molecule has 0 bridgehead atoms. The van der Waals surface area contributed by atoms with Gasteiger partial charge in [0.25, 0.3) is 0 Å². The van der Waals surface area contributed by atoms with Crippen LogP contribution in [0.3, 0.4) is 0 Å². The summed E-state index contributed by atoms with van der Waals surface area (Å²) in [5.41, 5.74) is 1.44. The summed E-state index contributed by atoms with van der Waals surface area (Å²) in [7, 11) is 0. The average Bonchev–Trinajstić information content (AvgIpc) is 2.19. The third-order valence-electron chi connectivity index (χ3n) is 3.97. The van der Waals surface area contributed by atoms with Gasteiger partial charge in [-0.2, -0.15) is 5.26 Å². The van der Waals surface area contributed by atoms with Gasteiger partial charge >= 0.3 is 0 Å². The van der Waals surface area contributed by atoms with Crippen LogP contribution < -0.4 is 0 Å². The zero-order valence-electron chi connectivity index (χ0n) is 9.05. The van der Waals surface area contributed by atoms with Crippen LogP contribution in [-0.4, -0.2) is 0 Å². The Bertz CT molecular complexity index is 276. The molecule has 2 rings (SSSR count). The van der Waals surface area contributed by atoms with Gasteiger partial charge in [-0.3, -0.25) is 0 Å². The Morgan fingerprint density at radius 1 is 1.50 bits per heavy atom. The summed E-state index contributed by atoms with van der Waals surface area (Å²) in [5.74, 6) is 0.817. The van der Waals surface area contributed by atoms with Gasteiger partial charge in [0.05, 0.1) is 11.5 Å². The van der Waals surface area contributed by atoms with Crippen LogP contribution in [-0.2, 0) is 0 Å².